The van der Waals surface area contributed by atoms with Crippen LogP contribution in [0.4, 0.5) is 0 Å². The van der Waals surface area contributed by atoms with E-state index in [0.717, 1.165) is 19.3 Å². The van der Waals surface area contributed by atoms with Gasteiger partial charge in [0, 0.05) is 5.57 Å². The Morgan fingerprint density at radius 3 is 2.59 bits per heavy atom. The SMILES string of the molecule is CCCCC=C(C)C(=O)OOP(=O)(O)OCC. The van der Waals surface area contributed by atoms with Crippen molar-refractivity contribution in [3.05, 3.63) is 11.6 Å². The average molecular weight is 266 g/mol. The normalized spacial score (nSPS) is 15.4. The summed E-state index contributed by atoms with van der Waals surface area (Å²) in [6, 6.07) is 0. The van der Waals surface area contributed by atoms with Gasteiger partial charge in [0.1, 0.15) is 0 Å². The van der Waals surface area contributed by atoms with E-state index >= 15 is 0 Å². The van der Waals surface area contributed by atoms with Crippen LogP contribution in [0.25, 0.3) is 0 Å². The second kappa shape index (κ2) is 8.42. The zero-order valence-electron chi connectivity index (χ0n) is 10.3. The van der Waals surface area contributed by atoms with E-state index in [0.29, 0.717) is 5.57 Å². The summed E-state index contributed by atoms with van der Waals surface area (Å²) in [5, 5.41) is 0. The molecule has 1 unspecified atom stereocenters. The van der Waals surface area contributed by atoms with Crippen molar-refractivity contribution >= 4 is 13.8 Å². The van der Waals surface area contributed by atoms with Crippen LogP contribution in [0.5, 0.6) is 0 Å². The van der Waals surface area contributed by atoms with Crippen molar-refractivity contribution in [2.45, 2.75) is 40.0 Å². The number of carbonyl (C=O) groups is 1. The number of rotatable bonds is 8. The summed E-state index contributed by atoms with van der Waals surface area (Å²) < 4.78 is 19.4. The summed E-state index contributed by atoms with van der Waals surface area (Å²) in [6.45, 7) is 5.08. The first-order valence-corrected chi connectivity index (χ1v) is 6.97. The Morgan fingerprint density at radius 2 is 2.06 bits per heavy atom. The molecule has 0 bridgehead atoms. The van der Waals surface area contributed by atoms with Gasteiger partial charge in [-0.1, -0.05) is 30.5 Å². The second-order valence-corrected chi connectivity index (χ2v) is 4.71. The van der Waals surface area contributed by atoms with Crippen molar-refractivity contribution in [2.24, 2.45) is 0 Å². The zero-order valence-corrected chi connectivity index (χ0v) is 11.2. The van der Waals surface area contributed by atoms with Gasteiger partial charge in [-0.3, -0.25) is 9.41 Å². The van der Waals surface area contributed by atoms with Crippen molar-refractivity contribution < 1.29 is 28.3 Å². The molecule has 0 rings (SSSR count). The molecule has 6 nitrogen and oxygen atoms in total. The van der Waals surface area contributed by atoms with Gasteiger partial charge in [-0.05, 0) is 20.3 Å². The Morgan fingerprint density at radius 1 is 1.41 bits per heavy atom. The highest BCUT2D eigenvalue weighted by Crippen LogP contribution is 2.43. The Labute approximate surface area is 101 Å². The smallest absolute Gasteiger partial charge is 0.300 e. The Balaban J connectivity index is 4.09. The van der Waals surface area contributed by atoms with E-state index < -0.39 is 13.8 Å². The van der Waals surface area contributed by atoms with Gasteiger partial charge in [0.15, 0.2) is 0 Å². The molecule has 0 aromatic carbocycles. The number of phosphoric acid groups is 1. The van der Waals surface area contributed by atoms with Gasteiger partial charge in [0.25, 0.3) is 0 Å². The van der Waals surface area contributed by atoms with Crippen LogP contribution in [0.15, 0.2) is 11.6 Å². The van der Waals surface area contributed by atoms with E-state index in [1.165, 1.54) is 6.92 Å². The molecule has 0 aliphatic carbocycles. The molecule has 17 heavy (non-hydrogen) atoms. The van der Waals surface area contributed by atoms with Crippen molar-refractivity contribution in [1.82, 2.24) is 0 Å². The van der Waals surface area contributed by atoms with Crippen LogP contribution in [0.3, 0.4) is 0 Å². The van der Waals surface area contributed by atoms with Crippen molar-refractivity contribution in [3.8, 4) is 0 Å². The first-order chi connectivity index (χ1) is 7.93. The molecule has 1 atom stereocenters. The Kier molecular flexibility index (Phi) is 8.08. The highest BCUT2D eigenvalue weighted by molar-refractivity contribution is 7.47. The quantitative estimate of drug-likeness (QED) is 0.239. The van der Waals surface area contributed by atoms with Crippen LogP contribution < -0.4 is 0 Å². The minimum atomic E-state index is -4.29. The summed E-state index contributed by atoms with van der Waals surface area (Å²) in [5.74, 6) is -0.796. The number of allylic oxidation sites excluding steroid dienone is 1. The van der Waals surface area contributed by atoms with Crippen LogP contribution >= 0.6 is 7.82 Å². The lowest BCUT2D eigenvalue weighted by molar-refractivity contribution is -0.218. The second-order valence-electron chi connectivity index (χ2n) is 3.36. The number of hydrogen-bond acceptors (Lipinski definition) is 5. The molecule has 100 valence electrons. The zero-order chi connectivity index (χ0) is 13.3. The molecule has 0 heterocycles. The third-order valence-electron chi connectivity index (χ3n) is 1.83. The maximum atomic E-state index is 11.3. The molecule has 0 saturated carbocycles. The summed E-state index contributed by atoms with van der Waals surface area (Å²) in [6.07, 6.45) is 4.42. The molecule has 0 spiro atoms. The average Bonchev–Trinajstić information content (AvgIpc) is 2.26. The predicted octanol–water partition coefficient (Wildman–Crippen LogP) is 2.73. The third-order valence-corrected chi connectivity index (χ3v) is 2.68. The molecule has 1 N–H and O–H groups in total. The van der Waals surface area contributed by atoms with E-state index in [1.807, 2.05) is 6.92 Å². The molecule has 0 aromatic heterocycles. The van der Waals surface area contributed by atoms with Crippen LogP contribution in [-0.4, -0.2) is 17.5 Å². The number of unbranched alkanes of at least 4 members (excludes halogenated alkanes) is 2. The molecule has 0 fully saturated rings. The monoisotopic (exact) mass is 266 g/mol. The largest absolute Gasteiger partial charge is 0.508 e. The molecule has 0 aromatic rings. The summed E-state index contributed by atoms with van der Waals surface area (Å²) in [7, 11) is -4.29. The molecular formula is C10H19O6P. The fourth-order valence-corrected chi connectivity index (χ4v) is 1.47. The van der Waals surface area contributed by atoms with Crippen LogP contribution in [0, 0.1) is 0 Å². The van der Waals surface area contributed by atoms with Gasteiger partial charge in [-0.2, -0.15) is 0 Å². The van der Waals surface area contributed by atoms with E-state index in [9.17, 15) is 9.36 Å². The molecule has 0 radical (unpaired) electrons. The number of hydrogen-bond donors (Lipinski definition) is 1. The lowest BCUT2D eigenvalue weighted by Crippen LogP contribution is -2.06. The maximum Gasteiger partial charge on any atom is 0.508 e. The minimum absolute atomic E-state index is 0.0172. The van der Waals surface area contributed by atoms with Gasteiger partial charge in [0.05, 0.1) is 6.61 Å². The topological polar surface area (TPSA) is 82.1 Å². The fourth-order valence-electron chi connectivity index (χ4n) is 0.937. The summed E-state index contributed by atoms with van der Waals surface area (Å²) in [4.78, 5) is 24.5. The minimum Gasteiger partial charge on any atom is -0.300 e. The van der Waals surface area contributed by atoms with E-state index in [2.05, 4.69) is 14.1 Å². The Bertz CT molecular complexity index is 312. The molecule has 0 aliphatic rings. The van der Waals surface area contributed by atoms with Crippen molar-refractivity contribution in [2.75, 3.05) is 6.61 Å². The third kappa shape index (κ3) is 8.10. The van der Waals surface area contributed by atoms with E-state index in [4.69, 9.17) is 4.89 Å². The molecular weight excluding hydrogens is 247 g/mol. The van der Waals surface area contributed by atoms with Crippen molar-refractivity contribution in [1.29, 1.82) is 0 Å². The lowest BCUT2D eigenvalue weighted by Gasteiger charge is -2.08. The van der Waals surface area contributed by atoms with Gasteiger partial charge >= 0.3 is 13.8 Å². The van der Waals surface area contributed by atoms with E-state index in [-0.39, 0.29) is 6.61 Å². The van der Waals surface area contributed by atoms with Gasteiger partial charge in [0.2, 0.25) is 0 Å². The number of phosphoric ester groups is 1. The Hall–Kier alpha value is -0.680. The standard InChI is InChI=1S/C10H19O6P/c1-4-6-7-8-9(3)10(11)15-16-17(12,13)14-5-2/h8H,4-7H2,1-3H3,(H,12,13). The summed E-state index contributed by atoms with van der Waals surface area (Å²) in [5.41, 5.74) is 0.329. The first kappa shape index (κ1) is 16.3. The fraction of sp³-hybridized carbons (Fsp3) is 0.700. The summed E-state index contributed by atoms with van der Waals surface area (Å²) >= 11 is 0. The van der Waals surface area contributed by atoms with Crippen LogP contribution in [0.1, 0.15) is 40.0 Å². The van der Waals surface area contributed by atoms with Gasteiger partial charge in [-0.25, -0.2) is 9.36 Å². The predicted molar refractivity (Wildman–Crippen MR) is 61.9 cm³/mol. The van der Waals surface area contributed by atoms with Crippen molar-refractivity contribution in [3.63, 3.8) is 0 Å². The van der Waals surface area contributed by atoms with Crippen LogP contribution in [0.2, 0.25) is 0 Å². The number of carbonyl (C=O) groups excluding carboxylic acids is 1. The maximum absolute atomic E-state index is 11.3. The van der Waals surface area contributed by atoms with Gasteiger partial charge < -0.3 is 4.89 Å². The van der Waals surface area contributed by atoms with E-state index in [1.54, 1.807) is 13.0 Å². The molecule has 0 saturated heterocycles. The molecule has 0 amide bonds. The van der Waals surface area contributed by atoms with Gasteiger partial charge in [-0.15, -0.1) is 0 Å². The first-order valence-electron chi connectivity index (χ1n) is 5.47. The highest BCUT2D eigenvalue weighted by atomic mass is 31.2. The molecule has 0 aliphatic heterocycles. The lowest BCUT2D eigenvalue weighted by atomic mass is 10.2. The highest BCUT2D eigenvalue weighted by Gasteiger charge is 2.24. The van der Waals surface area contributed by atoms with Crippen LogP contribution in [-0.2, 0) is 23.4 Å². The molecule has 7 heteroatoms.